The summed E-state index contributed by atoms with van der Waals surface area (Å²) in [6.45, 7) is 4.11. The van der Waals surface area contributed by atoms with E-state index in [4.69, 9.17) is 4.74 Å². The van der Waals surface area contributed by atoms with Gasteiger partial charge in [0.25, 0.3) is 0 Å². The molecule has 0 aromatic heterocycles. The van der Waals surface area contributed by atoms with Crippen LogP contribution in [0.3, 0.4) is 0 Å². The molecule has 1 heterocycles. The molecule has 0 unspecified atom stereocenters. The third kappa shape index (κ3) is 4.51. The molecule has 0 aliphatic carbocycles. The number of carbonyl (C=O) groups is 1. The van der Waals surface area contributed by atoms with Crippen LogP contribution in [0, 0.1) is 11.7 Å². The summed E-state index contributed by atoms with van der Waals surface area (Å²) in [5.74, 6) is -0.580. The normalized spacial score (nSPS) is 21.0. The molecule has 0 spiro atoms. The van der Waals surface area contributed by atoms with Gasteiger partial charge in [-0.2, -0.15) is 0 Å². The van der Waals surface area contributed by atoms with Crippen molar-refractivity contribution in [2.24, 2.45) is 5.92 Å². The molecule has 1 fully saturated rings. The lowest BCUT2D eigenvalue weighted by molar-refractivity contribution is -0.150. The summed E-state index contributed by atoms with van der Waals surface area (Å²) in [5, 5.41) is 10.2. The largest absolute Gasteiger partial charge is 0.466 e. The first-order valence-corrected chi connectivity index (χ1v) is 7.42. The van der Waals surface area contributed by atoms with Crippen LogP contribution in [-0.4, -0.2) is 42.2 Å². The Bertz CT molecular complexity index is 463. The fourth-order valence-electron chi connectivity index (χ4n) is 2.71. The highest BCUT2D eigenvalue weighted by molar-refractivity contribution is 5.72. The lowest BCUT2D eigenvalue weighted by atomic mass is 9.97. The lowest BCUT2D eigenvalue weighted by Gasteiger charge is -2.32. The SMILES string of the molecule is CCOC(=O)[C@H]1CCCN(C[C@H](O)c2ccc(F)cc2)C1. The van der Waals surface area contributed by atoms with Crippen molar-refractivity contribution in [2.45, 2.75) is 25.9 Å². The molecule has 21 heavy (non-hydrogen) atoms. The maximum Gasteiger partial charge on any atom is 0.310 e. The molecule has 1 aromatic rings. The highest BCUT2D eigenvalue weighted by Crippen LogP contribution is 2.21. The first-order valence-electron chi connectivity index (χ1n) is 7.42. The van der Waals surface area contributed by atoms with Crippen molar-refractivity contribution < 1.29 is 19.0 Å². The Balaban J connectivity index is 1.89. The molecular weight excluding hydrogens is 273 g/mol. The molecule has 1 aliphatic rings. The number of halogens is 1. The number of esters is 1. The van der Waals surface area contributed by atoms with Gasteiger partial charge < -0.3 is 9.84 Å². The van der Waals surface area contributed by atoms with Gasteiger partial charge in [-0.3, -0.25) is 9.69 Å². The van der Waals surface area contributed by atoms with Gasteiger partial charge in [0.1, 0.15) is 5.82 Å². The molecule has 1 saturated heterocycles. The van der Waals surface area contributed by atoms with Crippen molar-refractivity contribution in [2.75, 3.05) is 26.2 Å². The van der Waals surface area contributed by atoms with Crippen molar-refractivity contribution >= 4 is 5.97 Å². The summed E-state index contributed by atoms with van der Waals surface area (Å²) < 4.78 is 17.9. The summed E-state index contributed by atoms with van der Waals surface area (Å²) in [7, 11) is 0. The van der Waals surface area contributed by atoms with E-state index in [1.807, 2.05) is 0 Å². The monoisotopic (exact) mass is 295 g/mol. The molecule has 1 N–H and O–H groups in total. The van der Waals surface area contributed by atoms with Crippen LogP contribution >= 0.6 is 0 Å². The Morgan fingerprint density at radius 1 is 1.48 bits per heavy atom. The lowest BCUT2D eigenvalue weighted by Crippen LogP contribution is -2.41. The summed E-state index contributed by atoms with van der Waals surface area (Å²) in [6.07, 6.45) is 1.08. The Labute approximate surface area is 124 Å². The summed E-state index contributed by atoms with van der Waals surface area (Å²) in [6, 6.07) is 5.87. The highest BCUT2D eigenvalue weighted by atomic mass is 19.1. The van der Waals surface area contributed by atoms with Crippen molar-refractivity contribution in [3.63, 3.8) is 0 Å². The third-order valence-corrected chi connectivity index (χ3v) is 3.81. The Hall–Kier alpha value is -1.46. The van der Waals surface area contributed by atoms with Gasteiger partial charge in [0.05, 0.1) is 18.6 Å². The fraction of sp³-hybridized carbons (Fsp3) is 0.562. The number of benzene rings is 1. The number of carbonyl (C=O) groups excluding carboxylic acids is 1. The van der Waals surface area contributed by atoms with Gasteiger partial charge in [0.15, 0.2) is 0 Å². The number of nitrogens with zero attached hydrogens (tertiary/aromatic N) is 1. The minimum atomic E-state index is -0.674. The molecule has 4 nitrogen and oxygen atoms in total. The van der Waals surface area contributed by atoms with E-state index in [2.05, 4.69) is 4.90 Å². The summed E-state index contributed by atoms with van der Waals surface area (Å²) >= 11 is 0. The predicted molar refractivity (Wildman–Crippen MR) is 77.2 cm³/mol. The second-order valence-corrected chi connectivity index (χ2v) is 5.42. The zero-order valence-corrected chi connectivity index (χ0v) is 12.3. The minimum Gasteiger partial charge on any atom is -0.466 e. The summed E-state index contributed by atoms with van der Waals surface area (Å²) in [5.41, 5.74) is 0.689. The molecule has 0 bridgehead atoms. The number of aliphatic hydroxyl groups is 1. The second-order valence-electron chi connectivity index (χ2n) is 5.42. The van der Waals surface area contributed by atoms with E-state index in [0.29, 0.717) is 25.3 Å². The molecule has 1 aliphatic heterocycles. The molecule has 5 heteroatoms. The van der Waals surface area contributed by atoms with Gasteiger partial charge in [-0.15, -0.1) is 0 Å². The molecule has 0 saturated carbocycles. The first kappa shape index (κ1) is 15.9. The Kier molecular flexibility index (Phi) is 5.70. The van der Waals surface area contributed by atoms with E-state index in [1.54, 1.807) is 19.1 Å². The number of piperidine rings is 1. The number of hydrogen-bond acceptors (Lipinski definition) is 4. The van der Waals surface area contributed by atoms with Crippen molar-refractivity contribution in [1.82, 2.24) is 4.90 Å². The smallest absolute Gasteiger partial charge is 0.310 e. The molecule has 2 rings (SSSR count). The number of rotatable bonds is 5. The average Bonchev–Trinajstić information content (AvgIpc) is 2.48. The molecular formula is C16H22FNO3. The maximum atomic E-state index is 12.9. The van der Waals surface area contributed by atoms with E-state index < -0.39 is 6.10 Å². The zero-order chi connectivity index (χ0) is 15.2. The zero-order valence-electron chi connectivity index (χ0n) is 12.3. The van der Waals surface area contributed by atoms with Gasteiger partial charge in [0.2, 0.25) is 0 Å². The Morgan fingerprint density at radius 3 is 2.86 bits per heavy atom. The van der Waals surface area contributed by atoms with E-state index in [9.17, 15) is 14.3 Å². The number of ether oxygens (including phenoxy) is 1. The molecule has 2 atom stereocenters. The van der Waals surface area contributed by atoms with E-state index in [1.165, 1.54) is 12.1 Å². The standard InChI is InChI=1S/C16H22FNO3/c1-2-21-16(20)13-4-3-9-18(10-13)11-15(19)12-5-7-14(17)8-6-12/h5-8,13,15,19H,2-4,9-11H2,1H3/t13-,15-/m0/s1. The molecule has 0 radical (unpaired) electrons. The van der Waals surface area contributed by atoms with Crippen molar-refractivity contribution in [3.05, 3.63) is 35.6 Å². The maximum absolute atomic E-state index is 12.9. The quantitative estimate of drug-likeness (QED) is 0.846. The first-order chi connectivity index (χ1) is 10.1. The molecule has 1 aromatic carbocycles. The summed E-state index contributed by atoms with van der Waals surface area (Å²) in [4.78, 5) is 13.9. The second kappa shape index (κ2) is 7.52. The predicted octanol–water partition coefficient (Wildman–Crippen LogP) is 2.13. The number of aliphatic hydroxyl groups excluding tert-OH is 1. The van der Waals surface area contributed by atoms with Crippen LogP contribution in [0.2, 0.25) is 0 Å². The number of hydrogen-bond donors (Lipinski definition) is 1. The third-order valence-electron chi connectivity index (χ3n) is 3.81. The van der Waals surface area contributed by atoms with Crippen molar-refractivity contribution in [3.8, 4) is 0 Å². The highest BCUT2D eigenvalue weighted by Gasteiger charge is 2.27. The number of likely N-dealkylation sites (tertiary alicyclic amines) is 1. The van der Waals surface area contributed by atoms with Crippen LogP contribution in [0.25, 0.3) is 0 Å². The van der Waals surface area contributed by atoms with Gasteiger partial charge >= 0.3 is 5.97 Å². The topological polar surface area (TPSA) is 49.8 Å². The molecule has 0 amide bonds. The minimum absolute atomic E-state index is 0.112. The van der Waals surface area contributed by atoms with E-state index in [-0.39, 0.29) is 17.7 Å². The fourth-order valence-corrected chi connectivity index (χ4v) is 2.71. The number of β-amino-alcohol motifs (C(OH)–C–C–N with tert-alkyl or cyclic N) is 1. The van der Waals surface area contributed by atoms with Crippen LogP contribution in [0.4, 0.5) is 4.39 Å². The van der Waals surface area contributed by atoms with Gasteiger partial charge in [-0.05, 0) is 44.0 Å². The van der Waals surface area contributed by atoms with Gasteiger partial charge in [-0.25, -0.2) is 4.39 Å². The van der Waals surface area contributed by atoms with Crippen molar-refractivity contribution in [1.29, 1.82) is 0 Å². The van der Waals surface area contributed by atoms with Gasteiger partial charge in [0, 0.05) is 13.1 Å². The van der Waals surface area contributed by atoms with E-state index in [0.717, 1.165) is 19.4 Å². The van der Waals surface area contributed by atoms with Crippen LogP contribution in [-0.2, 0) is 9.53 Å². The van der Waals surface area contributed by atoms with Crippen LogP contribution in [0.5, 0.6) is 0 Å². The van der Waals surface area contributed by atoms with Crippen LogP contribution in [0.1, 0.15) is 31.4 Å². The molecule has 116 valence electrons. The average molecular weight is 295 g/mol. The Morgan fingerprint density at radius 2 is 2.19 bits per heavy atom. The van der Waals surface area contributed by atoms with E-state index >= 15 is 0 Å². The van der Waals surface area contributed by atoms with Crippen LogP contribution in [0.15, 0.2) is 24.3 Å². The van der Waals surface area contributed by atoms with Gasteiger partial charge in [-0.1, -0.05) is 12.1 Å². The van der Waals surface area contributed by atoms with Crippen LogP contribution < -0.4 is 0 Å².